The van der Waals surface area contributed by atoms with E-state index in [-0.39, 0.29) is 23.7 Å². The molecule has 4 aliphatic carbocycles. The van der Waals surface area contributed by atoms with Gasteiger partial charge in [0, 0.05) is 24.9 Å². The lowest BCUT2D eigenvalue weighted by molar-refractivity contribution is -0.134. The summed E-state index contributed by atoms with van der Waals surface area (Å²) in [5.74, 6) is 3.53. The molecule has 6 rings (SSSR count). The largest absolute Gasteiger partial charge is 0.494 e. The zero-order chi connectivity index (χ0) is 23.7. The van der Waals surface area contributed by atoms with E-state index < -0.39 is 0 Å². The molecular formula is C25H33N5O3S. The molecule has 4 fully saturated rings. The van der Waals surface area contributed by atoms with Gasteiger partial charge in [0.05, 0.1) is 6.61 Å². The van der Waals surface area contributed by atoms with E-state index in [1.165, 1.54) is 38.5 Å². The Hall–Kier alpha value is -2.68. The van der Waals surface area contributed by atoms with E-state index in [2.05, 4.69) is 21.0 Å². The number of hydrogen-bond acceptors (Lipinski definition) is 5. The van der Waals surface area contributed by atoms with Crippen molar-refractivity contribution < 1.29 is 14.3 Å². The van der Waals surface area contributed by atoms with Gasteiger partial charge in [0.25, 0.3) is 0 Å². The van der Waals surface area contributed by atoms with Gasteiger partial charge in [0.15, 0.2) is 10.6 Å². The summed E-state index contributed by atoms with van der Waals surface area (Å²) in [6, 6.07) is 7.59. The van der Waals surface area contributed by atoms with Gasteiger partial charge in [-0.1, -0.05) is 0 Å². The Morgan fingerprint density at radius 2 is 1.71 bits per heavy atom. The number of benzene rings is 1. The third kappa shape index (κ3) is 4.89. The Kier molecular flexibility index (Phi) is 6.46. The van der Waals surface area contributed by atoms with Gasteiger partial charge < -0.3 is 4.74 Å². The molecule has 0 aliphatic heterocycles. The van der Waals surface area contributed by atoms with Crippen LogP contribution in [-0.4, -0.2) is 33.2 Å². The van der Waals surface area contributed by atoms with Crippen LogP contribution in [0.4, 0.5) is 0 Å². The first-order valence-corrected chi connectivity index (χ1v) is 12.8. The van der Waals surface area contributed by atoms with Gasteiger partial charge in [-0.15, -0.1) is 0 Å². The van der Waals surface area contributed by atoms with Crippen LogP contribution in [0.15, 0.2) is 24.3 Å². The van der Waals surface area contributed by atoms with E-state index in [0.29, 0.717) is 30.2 Å². The number of ether oxygens (including phenoxy) is 1. The number of hydrazine groups is 1. The summed E-state index contributed by atoms with van der Waals surface area (Å²) < 4.78 is 7.73. The Morgan fingerprint density at radius 3 is 2.32 bits per heavy atom. The highest BCUT2D eigenvalue weighted by atomic mass is 32.1. The Balaban J connectivity index is 1.13. The predicted octanol–water partition coefficient (Wildman–Crippen LogP) is 4.15. The molecule has 34 heavy (non-hydrogen) atoms. The van der Waals surface area contributed by atoms with E-state index in [0.717, 1.165) is 29.1 Å². The zero-order valence-corrected chi connectivity index (χ0v) is 20.5. The first-order valence-electron chi connectivity index (χ1n) is 12.4. The molecule has 1 aromatic carbocycles. The van der Waals surface area contributed by atoms with Crippen LogP contribution >= 0.6 is 12.2 Å². The second kappa shape index (κ2) is 9.52. The van der Waals surface area contributed by atoms with Crippen LogP contribution in [-0.2, 0) is 16.1 Å². The molecule has 2 aromatic rings. The molecule has 1 heterocycles. The smallest absolute Gasteiger partial charge is 0.240 e. The minimum atomic E-state index is -0.250. The number of rotatable bonds is 8. The van der Waals surface area contributed by atoms with Gasteiger partial charge in [-0.3, -0.25) is 30.1 Å². The molecule has 0 unspecified atom stereocenters. The minimum Gasteiger partial charge on any atom is -0.494 e. The molecule has 4 saturated carbocycles. The van der Waals surface area contributed by atoms with E-state index in [1.807, 2.05) is 31.2 Å². The quantitative estimate of drug-likeness (QED) is 0.387. The minimum absolute atomic E-state index is 0.0784. The summed E-state index contributed by atoms with van der Waals surface area (Å²) in [5.41, 5.74) is 6.28. The van der Waals surface area contributed by atoms with Crippen LogP contribution < -0.4 is 15.6 Å². The van der Waals surface area contributed by atoms with Crippen LogP contribution in [0.25, 0.3) is 11.4 Å². The van der Waals surface area contributed by atoms with E-state index >= 15 is 0 Å². The monoisotopic (exact) mass is 483 g/mol. The van der Waals surface area contributed by atoms with Crippen LogP contribution in [0.3, 0.4) is 0 Å². The number of aromatic amines is 1. The van der Waals surface area contributed by atoms with Crippen molar-refractivity contribution in [3.8, 4) is 17.1 Å². The van der Waals surface area contributed by atoms with Gasteiger partial charge in [-0.2, -0.15) is 5.10 Å². The number of hydrogen-bond donors (Lipinski definition) is 3. The lowest BCUT2D eigenvalue weighted by atomic mass is 9.49. The fourth-order valence-corrected chi connectivity index (χ4v) is 7.14. The summed E-state index contributed by atoms with van der Waals surface area (Å²) in [6.07, 6.45) is 8.28. The van der Waals surface area contributed by atoms with Crippen molar-refractivity contribution in [2.24, 2.45) is 23.2 Å². The van der Waals surface area contributed by atoms with Crippen LogP contribution in [0.2, 0.25) is 0 Å². The molecule has 0 radical (unpaired) electrons. The normalized spacial score (nSPS) is 26.9. The molecule has 2 amide bonds. The zero-order valence-electron chi connectivity index (χ0n) is 19.6. The summed E-state index contributed by atoms with van der Waals surface area (Å²) in [5, 5.41) is 7.13. The van der Waals surface area contributed by atoms with E-state index in [1.54, 1.807) is 4.57 Å². The number of carbonyl (C=O) groups excluding carboxylic acids is 2. The van der Waals surface area contributed by atoms with Crippen molar-refractivity contribution in [2.45, 2.75) is 64.8 Å². The maximum absolute atomic E-state index is 12.7. The van der Waals surface area contributed by atoms with Crippen molar-refractivity contribution in [1.29, 1.82) is 0 Å². The van der Waals surface area contributed by atoms with Crippen LogP contribution in [0.1, 0.15) is 58.3 Å². The number of nitrogens with zero attached hydrogens (tertiary/aromatic N) is 2. The Bertz CT molecular complexity index is 1070. The van der Waals surface area contributed by atoms with Gasteiger partial charge in [0.2, 0.25) is 11.8 Å². The molecule has 1 aromatic heterocycles. The average molecular weight is 484 g/mol. The van der Waals surface area contributed by atoms with Crippen molar-refractivity contribution in [1.82, 2.24) is 25.6 Å². The third-order valence-corrected chi connectivity index (χ3v) is 8.10. The van der Waals surface area contributed by atoms with Gasteiger partial charge >= 0.3 is 0 Å². The number of aromatic nitrogens is 3. The third-order valence-electron chi connectivity index (χ3n) is 7.79. The fourth-order valence-electron chi connectivity index (χ4n) is 6.92. The van der Waals surface area contributed by atoms with Crippen molar-refractivity contribution in [3.63, 3.8) is 0 Å². The van der Waals surface area contributed by atoms with Crippen molar-refractivity contribution >= 4 is 24.0 Å². The van der Waals surface area contributed by atoms with Crippen LogP contribution in [0, 0.1) is 27.9 Å². The molecule has 3 N–H and O–H groups in total. The van der Waals surface area contributed by atoms with Gasteiger partial charge in [0.1, 0.15) is 5.75 Å². The maximum atomic E-state index is 12.7. The topological polar surface area (TPSA) is 101 Å². The molecule has 0 saturated heterocycles. The lowest BCUT2D eigenvalue weighted by Crippen LogP contribution is -2.50. The number of nitrogens with one attached hydrogen (secondary N) is 3. The molecule has 0 atom stereocenters. The van der Waals surface area contributed by atoms with Gasteiger partial charge in [-0.25, -0.2) is 0 Å². The summed E-state index contributed by atoms with van der Waals surface area (Å²) in [7, 11) is 0. The van der Waals surface area contributed by atoms with Crippen molar-refractivity contribution in [2.75, 3.05) is 6.61 Å². The number of H-pyrrole nitrogens is 1. The Labute approximate surface area is 204 Å². The molecule has 0 spiro atoms. The second-order valence-electron chi connectivity index (χ2n) is 10.4. The molecule has 4 aliphatic rings. The van der Waals surface area contributed by atoms with Gasteiger partial charge in [-0.05, 0) is 105 Å². The summed E-state index contributed by atoms with van der Waals surface area (Å²) in [6.45, 7) is 2.90. The lowest BCUT2D eigenvalue weighted by Gasteiger charge is -2.56. The van der Waals surface area contributed by atoms with E-state index in [9.17, 15) is 9.59 Å². The van der Waals surface area contributed by atoms with Crippen LogP contribution in [0.5, 0.6) is 5.75 Å². The molecule has 4 bridgehead atoms. The average Bonchev–Trinajstić information content (AvgIpc) is 3.16. The molecular weight excluding hydrogens is 450 g/mol. The molecule has 8 nitrogen and oxygen atoms in total. The predicted molar refractivity (Wildman–Crippen MR) is 130 cm³/mol. The van der Waals surface area contributed by atoms with E-state index in [4.69, 9.17) is 17.0 Å². The highest BCUT2D eigenvalue weighted by Crippen LogP contribution is 2.61. The first kappa shape index (κ1) is 23.1. The molecule has 182 valence electrons. The van der Waals surface area contributed by atoms with Crippen molar-refractivity contribution in [3.05, 3.63) is 29.0 Å². The Morgan fingerprint density at radius 1 is 1.09 bits per heavy atom. The number of amides is 2. The first-order chi connectivity index (χ1) is 16.4. The highest BCUT2D eigenvalue weighted by molar-refractivity contribution is 7.71. The second-order valence-corrected chi connectivity index (χ2v) is 10.8. The molecule has 9 heteroatoms. The SMILES string of the molecule is CCOc1ccc(-c2n[nH]c(=S)n2CCC(=O)NNC(=O)CC23CC4CC(CC(C4)C2)C3)cc1. The standard InChI is InChI=1S/C25H33N5O3S/c1-2-33-20-5-3-19(4-6-20)23-28-29-24(34)30(23)8-7-21(31)26-27-22(32)15-25-12-16-9-17(13-25)11-18(10-16)14-25/h3-6,16-18H,2,7-15H2,1H3,(H,26,31)(H,27,32)(H,29,34). The fraction of sp³-hybridized carbons (Fsp3) is 0.600. The number of carbonyl (C=O) groups is 2. The highest BCUT2D eigenvalue weighted by Gasteiger charge is 2.51. The summed E-state index contributed by atoms with van der Waals surface area (Å²) >= 11 is 5.36. The summed E-state index contributed by atoms with van der Waals surface area (Å²) in [4.78, 5) is 25.1. The maximum Gasteiger partial charge on any atom is 0.240 e.